The van der Waals surface area contributed by atoms with Crippen LogP contribution in [0.25, 0.3) is 5.69 Å². The van der Waals surface area contributed by atoms with Crippen molar-refractivity contribution in [2.24, 2.45) is 0 Å². The summed E-state index contributed by atoms with van der Waals surface area (Å²) < 4.78 is 11.7. The number of nitrogens with zero attached hydrogens (tertiary/aromatic N) is 2. The number of carboxylic acid groups (broad SMARTS) is 1. The highest BCUT2D eigenvalue weighted by molar-refractivity contribution is 5.88. The molecule has 100 valence electrons. The number of carboxylic acids is 1. The molecule has 1 aromatic carbocycles. The highest BCUT2D eigenvalue weighted by atomic mass is 16.5. The second kappa shape index (κ2) is 6.01. The number of carbonyl (C=O) groups is 1. The Balaban J connectivity index is 2.27. The average molecular weight is 262 g/mol. The molecule has 0 fully saturated rings. The standard InChI is InChI=1S/C13H14N2O4/c1-18-7-8-19-11-9-15(14-12(11)13(16)17)10-5-3-2-4-6-10/h2-6,9H,7-8H2,1H3,(H,16,17). The molecule has 1 aromatic heterocycles. The highest BCUT2D eigenvalue weighted by Crippen LogP contribution is 2.19. The maximum Gasteiger partial charge on any atom is 0.360 e. The van der Waals surface area contributed by atoms with E-state index in [1.54, 1.807) is 13.3 Å². The van der Waals surface area contributed by atoms with Gasteiger partial charge in [0, 0.05) is 7.11 Å². The third kappa shape index (κ3) is 3.11. The maximum atomic E-state index is 11.1. The Bertz CT molecular complexity index is 551. The van der Waals surface area contributed by atoms with Crippen molar-refractivity contribution in [3.05, 3.63) is 42.2 Å². The van der Waals surface area contributed by atoms with Gasteiger partial charge in [0.2, 0.25) is 5.69 Å². The first-order chi connectivity index (χ1) is 9.22. The van der Waals surface area contributed by atoms with Gasteiger partial charge in [0.05, 0.1) is 18.5 Å². The van der Waals surface area contributed by atoms with Crippen LogP contribution in [0.3, 0.4) is 0 Å². The van der Waals surface area contributed by atoms with Crippen molar-refractivity contribution in [3.8, 4) is 11.4 Å². The molecule has 0 aliphatic carbocycles. The van der Waals surface area contributed by atoms with E-state index in [9.17, 15) is 4.79 Å². The number of ether oxygens (including phenoxy) is 2. The third-order valence-corrected chi connectivity index (χ3v) is 2.45. The second-order valence-corrected chi connectivity index (χ2v) is 3.77. The van der Waals surface area contributed by atoms with Gasteiger partial charge in [0.25, 0.3) is 0 Å². The summed E-state index contributed by atoms with van der Waals surface area (Å²) >= 11 is 0. The molecule has 0 radical (unpaired) electrons. The van der Waals surface area contributed by atoms with Crippen LogP contribution in [-0.4, -0.2) is 41.2 Å². The lowest BCUT2D eigenvalue weighted by Crippen LogP contribution is -2.07. The van der Waals surface area contributed by atoms with Crippen LogP contribution >= 0.6 is 0 Å². The van der Waals surface area contributed by atoms with E-state index in [0.29, 0.717) is 6.61 Å². The van der Waals surface area contributed by atoms with E-state index in [0.717, 1.165) is 5.69 Å². The van der Waals surface area contributed by atoms with E-state index in [2.05, 4.69) is 5.10 Å². The maximum absolute atomic E-state index is 11.1. The summed E-state index contributed by atoms with van der Waals surface area (Å²) in [5.74, 6) is -0.893. The van der Waals surface area contributed by atoms with E-state index in [-0.39, 0.29) is 18.1 Å². The van der Waals surface area contributed by atoms with Gasteiger partial charge in [-0.25, -0.2) is 9.48 Å². The summed E-state index contributed by atoms with van der Waals surface area (Å²) in [6.07, 6.45) is 1.55. The van der Waals surface area contributed by atoms with E-state index in [4.69, 9.17) is 14.6 Å². The van der Waals surface area contributed by atoms with Crippen molar-refractivity contribution in [2.75, 3.05) is 20.3 Å². The Morgan fingerprint density at radius 1 is 1.32 bits per heavy atom. The summed E-state index contributed by atoms with van der Waals surface area (Å²) in [6.45, 7) is 0.660. The molecule has 0 amide bonds. The van der Waals surface area contributed by atoms with Gasteiger partial charge in [0.15, 0.2) is 5.75 Å². The summed E-state index contributed by atoms with van der Waals surface area (Å²) in [4.78, 5) is 11.1. The van der Waals surface area contributed by atoms with Crippen LogP contribution in [0.15, 0.2) is 36.5 Å². The minimum absolute atomic E-state index is 0.111. The molecule has 0 unspecified atom stereocenters. The zero-order valence-electron chi connectivity index (χ0n) is 10.4. The SMILES string of the molecule is COCCOc1cn(-c2ccccc2)nc1C(=O)O. The van der Waals surface area contributed by atoms with E-state index in [1.165, 1.54) is 4.68 Å². The molecule has 0 aliphatic heterocycles. The molecule has 0 atom stereocenters. The number of aromatic nitrogens is 2. The van der Waals surface area contributed by atoms with Crippen molar-refractivity contribution in [1.29, 1.82) is 0 Å². The lowest BCUT2D eigenvalue weighted by atomic mass is 10.3. The Morgan fingerprint density at radius 3 is 2.68 bits per heavy atom. The number of benzene rings is 1. The van der Waals surface area contributed by atoms with E-state index >= 15 is 0 Å². The lowest BCUT2D eigenvalue weighted by Gasteiger charge is -2.02. The molecule has 6 heteroatoms. The predicted molar refractivity (Wildman–Crippen MR) is 67.9 cm³/mol. The smallest absolute Gasteiger partial charge is 0.360 e. The molecule has 0 spiro atoms. The van der Waals surface area contributed by atoms with Crippen molar-refractivity contribution < 1.29 is 19.4 Å². The van der Waals surface area contributed by atoms with Gasteiger partial charge in [-0.3, -0.25) is 0 Å². The molecule has 1 heterocycles. The average Bonchev–Trinajstić information content (AvgIpc) is 2.84. The summed E-state index contributed by atoms with van der Waals surface area (Å²) in [5.41, 5.74) is 0.659. The Labute approximate surface area is 110 Å². The molecule has 6 nitrogen and oxygen atoms in total. The highest BCUT2D eigenvalue weighted by Gasteiger charge is 2.17. The molecule has 1 N–H and O–H groups in total. The molecule has 19 heavy (non-hydrogen) atoms. The van der Waals surface area contributed by atoms with Crippen molar-refractivity contribution in [1.82, 2.24) is 9.78 Å². The fraction of sp³-hybridized carbons (Fsp3) is 0.231. The van der Waals surface area contributed by atoms with E-state index < -0.39 is 5.97 Å². The first-order valence-electron chi connectivity index (χ1n) is 5.72. The molecule has 0 saturated carbocycles. The fourth-order valence-corrected chi connectivity index (χ4v) is 1.56. The number of rotatable bonds is 6. The van der Waals surface area contributed by atoms with Gasteiger partial charge in [-0.05, 0) is 12.1 Å². The Morgan fingerprint density at radius 2 is 2.05 bits per heavy atom. The number of hydrogen-bond donors (Lipinski definition) is 1. The summed E-state index contributed by atoms with van der Waals surface area (Å²) in [6, 6.07) is 9.24. The van der Waals surface area contributed by atoms with Gasteiger partial charge >= 0.3 is 5.97 Å². The molecular formula is C13H14N2O4. The number of methoxy groups -OCH3 is 1. The topological polar surface area (TPSA) is 73.6 Å². The van der Waals surface area contributed by atoms with Crippen LogP contribution in [0.5, 0.6) is 5.75 Å². The zero-order chi connectivity index (χ0) is 13.7. The van der Waals surface area contributed by atoms with Gasteiger partial charge in [0.1, 0.15) is 6.61 Å². The lowest BCUT2D eigenvalue weighted by molar-refractivity contribution is 0.0683. The Hall–Kier alpha value is -2.34. The summed E-state index contributed by atoms with van der Waals surface area (Å²) in [5, 5.41) is 13.1. The van der Waals surface area contributed by atoms with Crippen molar-refractivity contribution >= 4 is 5.97 Å². The third-order valence-electron chi connectivity index (χ3n) is 2.45. The molecule has 2 aromatic rings. The number of para-hydroxylation sites is 1. The number of hydrogen-bond acceptors (Lipinski definition) is 4. The quantitative estimate of drug-likeness (QED) is 0.800. The van der Waals surface area contributed by atoms with Crippen molar-refractivity contribution in [3.63, 3.8) is 0 Å². The van der Waals surface area contributed by atoms with E-state index in [1.807, 2.05) is 30.3 Å². The van der Waals surface area contributed by atoms with Crippen LogP contribution in [-0.2, 0) is 4.74 Å². The number of aromatic carboxylic acids is 1. The Kier molecular flexibility index (Phi) is 4.15. The van der Waals surface area contributed by atoms with Crippen molar-refractivity contribution in [2.45, 2.75) is 0 Å². The molecular weight excluding hydrogens is 248 g/mol. The van der Waals surface area contributed by atoms with Crippen LogP contribution in [0, 0.1) is 0 Å². The van der Waals surface area contributed by atoms with Crippen LogP contribution in [0.4, 0.5) is 0 Å². The monoisotopic (exact) mass is 262 g/mol. The minimum Gasteiger partial charge on any atom is -0.487 e. The molecule has 0 aliphatic rings. The first-order valence-corrected chi connectivity index (χ1v) is 5.72. The van der Waals surface area contributed by atoms with Crippen LogP contribution < -0.4 is 4.74 Å². The van der Waals surface area contributed by atoms with Gasteiger partial charge in [-0.15, -0.1) is 0 Å². The molecule has 0 bridgehead atoms. The normalized spacial score (nSPS) is 10.4. The zero-order valence-corrected chi connectivity index (χ0v) is 10.4. The second-order valence-electron chi connectivity index (χ2n) is 3.77. The van der Waals surface area contributed by atoms with Crippen LogP contribution in [0.1, 0.15) is 10.5 Å². The van der Waals surface area contributed by atoms with Gasteiger partial charge in [-0.2, -0.15) is 5.10 Å². The fourth-order valence-electron chi connectivity index (χ4n) is 1.56. The van der Waals surface area contributed by atoms with Gasteiger partial charge in [-0.1, -0.05) is 18.2 Å². The molecule has 2 rings (SSSR count). The predicted octanol–water partition coefficient (Wildman–Crippen LogP) is 1.60. The molecule has 0 saturated heterocycles. The first kappa shape index (κ1) is 13.1. The van der Waals surface area contributed by atoms with Gasteiger partial charge < -0.3 is 14.6 Å². The summed E-state index contributed by atoms with van der Waals surface area (Å²) in [7, 11) is 1.55. The minimum atomic E-state index is -1.12. The largest absolute Gasteiger partial charge is 0.487 e. The van der Waals surface area contributed by atoms with Crippen LogP contribution in [0.2, 0.25) is 0 Å².